The van der Waals surface area contributed by atoms with Crippen LogP contribution >= 0.6 is 11.6 Å². The van der Waals surface area contributed by atoms with Crippen LogP contribution in [-0.4, -0.2) is 6.72 Å². The van der Waals surface area contributed by atoms with Crippen molar-refractivity contribution in [2.24, 2.45) is 4.99 Å². The van der Waals surface area contributed by atoms with E-state index in [1.807, 2.05) is 49.4 Å². The molecule has 0 saturated carbocycles. The smallest absolute Gasteiger partial charge is 0.0633 e. The lowest BCUT2D eigenvalue weighted by Gasteiger charge is -2.14. The fraction of sp³-hybridized carbons (Fsp3) is 0.0952. The molecule has 0 aromatic heterocycles. The van der Waals surface area contributed by atoms with E-state index in [4.69, 9.17) is 11.6 Å². The molecule has 0 atom stereocenters. The summed E-state index contributed by atoms with van der Waals surface area (Å²) in [7, 11) is 0. The third-order valence-corrected chi connectivity index (χ3v) is 3.73. The van der Waals surface area contributed by atoms with Crippen LogP contribution in [0.1, 0.15) is 23.6 Å². The summed E-state index contributed by atoms with van der Waals surface area (Å²) in [6.45, 7) is 9.99. The molecule has 0 aliphatic heterocycles. The fourth-order valence-corrected chi connectivity index (χ4v) is 2.84. The van der Waals surface area contributed by atoms with Crippen molar-refractivity contribution in [3.05, 3.63) is 95.1 Å². The maximum Gasteiger partial charge on any atom is 0.0633 e. The Morgan fingerprint density at radius 1 is 1.09 bits per heavy atom. The Labute approximate surface area is 143 Å². The van der Waals surface area contributed by atoms with Crippen LogP contribution in [0.3, 0.4) is 0 Å². The molecule has 0 saturated heterocycles. The highest BCUT2D eigenvalue weighted by molar-refractivity contribution is 6.31. The summed E-state index contributed by atoms with van der Waals surface area (Å²) in [6, 6.07) is 16.3. The van der Waals surface area contributed by atoms with Gasteiger partial charge in [-0.2, -0.15) is 0 Å². The van der Waals surface area contributed by atoms with Gasteiger partial charge in [-0.15, -0.1) is 0 Å². The number of aliphatic imine (C=N–C) groups is 1. The number of allylic oxidation sites excluding steroid dienone is 5. The average molecular weight is 322 g/mol. The number of hydrogen-bond donors (Lipinski definition) is 0. The van der Waals surface area contributed by atoms with Gasteiger partial charge < -0.3 is 0 Å². The first-order valence-corrected chi connectivity index (χ1v) is 7.84. The second-order valence-corrected chi connectivity index (χ2v) is 5.55. The second kappa shape index (κ2) is 8.30. The van der Waals surface area contributed by atoms with Crippen molar-refractivity contribution in [3.63, 3.8) is 0 Å². The van der Waals surface area contributed by atoms with Crippen molar-refractivity contribution in [1.29, 1.82) is 0 Å². The lowest BCUT2D eigenvalue weighted by molar-refractivity contribution is 1.08. The van der Waals surface area contributed by atoms with Crippen LogP contribution in [-0.2, 0) is 6.54 Å². The molecule has 0 N–H and O–H groups in total. The third-order valence-electron chi connectivity index (χ3n) is 3.51. The minimum absolute atomic E-state index is 0.552. The van der Waals surface area contributed by atoms with Crippen LogP contribution in [0, 0.1) is 0 Å². The molecule has 0 amide bonds. The zero-order chi connectivity index (χ0) is 16.7. The van der Waals surface area contributed by atoms with E-state index in [0.717, 1.165) is 27.8 Å². The molecule has 0 radical (unpaired) electrons. The number of rotatable bonds is 6. The van der Waals surface area contributed by atoms with Crippen LogP contribution in [0.25, 0.3) is 11.1 Å². The van der Waals surface area contributed by atoms with Gasteiger partial charge in [0.25, 0.3) is 0 Å². The molecule has 23 heavy (non-hydrogen) atoms. The van der Waals surface area contributed by atoms with Gasteiger partial charge in [0.15, 0.2) is 0 Å². The summed E-state index contributed by atoms with van der Waals surface area (Å²) in [5, 5.41) is 0.700. The van der Waals surface area contributed by atoms with Crippen molar-refractivity contribution in [1.82, 2.24) is 0 Å². The van der Waals surface area contributed by atoms with Gasteiger partial charge in [-0.05, 0) is 59.7 Å². The van der Waals surface area contributed by atoms with Crippen LogP contribution < -0.4 is 0 Å². The van der Waals surface area contributed by atoms with Crippen LogP contribution in [0.5, 0.6) is 0 Å². The third kappa shape index (κ3) is 4.30. The molecule has 0 aliphatic carbocycles. The van der Waals surface area contributed by atoms with E-state index in [2.05, 4.69) is 42.6 Å². The number of halogens is 1. The largest absolute Gasteiger partial charge is 0.296 e. The number of benzene rings is 2. The van der Waals surface area contributed by atoms with Gasteiger partial charge in [-0.3, -0.25) is 4.99 Å². The Balaban J connectivity index is 2.56. The zero-order valence-electron chi connectivity index (χ0n) is 13.3. The predicted molar refractivity (Wildman–Crippen MR) is 103 cm³/mol. The van der Waals surface area contributed by atoms with Crippen LogP contribution in [0.4, 0.5) is 0 Å². The molecule has 0 fully saturated rings. The summed E-state index contributed by atoms with van der Waals surface area (Å²) in [5.41, 5.74) is 5.49. The molecule has 0 spiro atoms. The molecule has 116 valence electrons. The standard InChI is InChI=1S/C21H20ClN/c1-4-9-21(17-10-7-6-8-11-17)20(5-2)18-12-16(15-23-3)13-19(22)14-18/h4-14H,1,3,15H2,2H3/b20-5-,21-9-. The maximum absolute atomic E-state index is 6.29. The normalized spacial score (nSPS) is 12.1. The Hall–Kier alpha value is -2.38. The highest BCUT2D eigenvalue weighted by Gasteiger charge is 2.11. The Morgan fingerprint density at radius 3 is 2.43 bits per heavy atom. The molecule has 0 heterocycles. The van der Waals surface area contributed by atoms with Gasteiger partial charge in [-0.25, -0.2) is 0 Å². The van der Waals surface area contributed by atoms with Gasteiger partial charge in [0, 0.05) is 5.02 Å². The van der Waals surface area contributed by atoms with Gasteiger partial charge in [0.2, 0.25) is 0 Å². The first-order valence-electron chi connectivity index (χ1n) is 7.46. The van der Waals surface area contributed by atoms with E-state index in [1.165, 1.54) is 0 Å². The van der Waals surface area contributed by atoms with E-state index < -0.39 is 0 Å². The van der Waals surface area contributed by atoms with Gasteiger partial charge >= 0.3 is 0 Å². The average Bonchev–Trinajstić information content (AvgIpc) is 2.55. The summed E-state index contributed by atoms with van der Waals surface area (Å²) in [4.78, 5) is 3.95. The number of nitrogens with zero attached hydrogens (tertiary/aromatic N) is 1. The summed E-state index contributed by atoms with van der Waals surface area (Å²) in [6.07, 6.45) is 5.93. The first-order chi connectivity index (χ1) is 11.2. The molecule has 0 aliphatic rings. The molecule has 2 aromatic carbocycles. The number of hydrogen-bond acceptors (Lipinski definition) is 1. The molecular weight excluding hydrogens is 302 g/mol. The molecule has 2 rings (SSSR count). The first kappa shape index (κ1) is 17.0. The van der Waals surface area contributed by atoms with Gasteiger partial charge in [0.05, 0.1) is 6.54 Å². The molecule has 0 unspecified atom stereocenters. The summed E-state index contributed by atoms with van der Waals surface area (Å²) in [5.74, 6) is 0. The zero-order valence-corrected chi connectivity index (χ0v) is 14.1. The Bertz CT molecular complexity index is 755. The van der Waals surface area contributed by atoms with Crippen molar-refractivity contribution in [2.45, 2.75) is 13.5 Å². The Morgan fingerprint density at radius 2 is 1.83 bits per heavy atom. The van der Waals surface area contributed by atoms with E-state index in [-0.39, 0.29) is 0 Å². The molecule has 2 aromatic rings. The SMILES string of the molecule is C=C/C=C(\C(=C/C)c1cc(Cl)cc(CN=C)c1)c1ccccc1. The fourth-order valence-electron chi connectivity index (χ4n) is 2.58. The van der Waals surface area contributed by atoms with E-state index in [0.29, 0.717) is 11.6 Å². The van der Waals surface area contributed by atoms with E-state index in [9.17, 15) is 0 Å². The summed E-state index contributed by atoms with van der Waals surface area (Å²) < 4.78 is 0. The molecule has 2 heteroatoms. The van der Waals surface area contributed by atoms with Gasteiger partial charge in [0.1, 0.15) is 0 Å². The summed E-state index contributed by atoms with van der Waals surface area (Å²) >= 11 is 6.29. The Kier molecular flexibility index (Phi) is 6.13. The minimum atomic E-state index is 0.552. The maximum atomic E-state index is 6.29. The topological polar surface area (TPSA) is 12.4 Å². The van der Waals surface area contributed by atoms with Crippen molar-refractivity contribution < 1.29 is 0 Å². The quantitative estimate of drug-likeness (QED) is 0.443. The lowest BCUT2D eigenvalue weighted by Crippen LogP contribution is -1.93. The monoisotopic (exact) mass is 321 g/mol. The molecular formula is C21H20ClN. The van der Waals surface area contributed by atoms with Crippen molar-refractivity contribution in [3.8, 4) is 0 Å². The predicted octanol–water partition coefficient (Wildman–Crippen LogP) is 6.21. The van der Waals surface area contributed by atoms with Crippen LogP contribution in [0.15, 0.2) is 78.3 Å². The lowest BCUT2D eigenvalue weighted by atomic mass is 9.91. The second-order valence-electron chi connectivity index (χ2n) is 5.11. The van der Waals surface area contributed by atoms with Crippen molar-refractivity contribution in [2.75, 3.05) is 0 Å². The van der Waals surface area contributed by atoms with Crippen LogP contribution in [0.2, 0.25) is 5.02 Å². The molecule has 1 nitrogen and oxygen atoms in total. The highest BCUT2D eigenvalue weighted by atomic mass is 35.5. The van der Waals surface area contributed by atoms with Crippen molar-refractivity contribution >= 4 is 29.5 Å². The van der Waals surface area contributed by atoms with E-state index in [1.54, 1.807) is 0 Å². The highest BCUT2D eigenvalue weighted by Crippen LogP contribution is 2.33. The van der Waals surface area contributed by atoms with Gasteiger partial charge in [-0.1, -0.05) is 66.7 Å². The molecule has 0 bridgehead atoms. The van der Waals surface area contributed by atoms with E-state index >= 15 is 0 Å². The minimum Gasteiger partial charge on any atom is -0.296 e.